The van der Waals surface area contributed by atoms with Crippen molar-refractivity contribution >= 4 is 26.8 Å². The van der Waals surface area contributed by atoms with Gasteiger partial charge in [-0.2, -0.15) is 0 Å². The largest absolute Gasteiger partial charge is 0.466 e. The summed E-state index contributed by atoms with van der Waals surface area (Å²) in [6.07, 6.45) is 1.12. The van der Waals surface area contributed by atoms with Crippen LogP contribution in [0.5, 0.6) is 0 Å². The molecule has 0 aliphatic heterocycles. The van der Waals surface area contributed by atoms with Gasteiger partial charge in [-0.25, -0.2) is 13.4 Å². The number of furan rings is 1. The van der Waals surface area contributed by atoms with Crippen LogP contribution in [0.1, 0.15) is 27.6 Å². The van der Waals surface area contributed by atoms with Crippen molar-refractivity contribution in [1.82, 2.24) is 15.5 Å². The van der Waals surface area contributed by atoms with E-state index >= 15 is 0 Å². The molecule has 1 N–H and O–H groups in total. The number of hydrogen-bond acceptors (Lipinski definition) is 7. The standard InChI is InChI=1S/C17H19N3O5S/c1-9-7-12(11(3)24-9)14-8-13(15-10(2)20-25-17(15)19-14)16(21)18-5-6-26(4,22)23/h7-8H,5-6H2,1-4H3,(H,18,21). The molecule has 0 radical (unpaired) electrons. The average Bonchev–Trinajstić information content (AvgIpc) is 3.07. The Morgan fingerprint density at radius 2 is 1.96 bits per heavy atom. The summed E-state index contributed by atoms with van der Waals surface area (Å²) in [5.74, 6) is 0.857. The molecule has 0 aromatic carbocycles. The van der Waals surface area contributed by atoms with Crippen molar-refractivity contribution in [1.29, 1.82) is 0 Å². The summed E-state index contributed by atoms with van der Waals surface area (Å²) in [7, 11) is -3.17. The zero-order valence-electron chi connectivity index (χ0n) is 14.9. The zero-order chi connectivity index (χ0) is 19.1. The predicted octanol–water partition coefficient (Wildman–Crippen LogP) is 2.18. The number of aromatic nitrogens is 2. The van der Waals surface area contributed by atoms with E-state index in [4.69, 9.17) is 8.94 Å². The maximum Gasteiger partial charge on any atom is 0.259 e. The van der Waals surface area contributed by atoms with E-state index in [0.29, 0.717) is 28.1 Å². The first-order valence-corrected chi connectivity index (χ1v) is 10.0. The Bertz CT molecular complexity index is 1100. The van der Waals surface area contributed by atoms with Crippen molar-refractivity contribution < 1.29 is 22.2 Å². The highest BCUT2D eigenvalue weighted by Gasteiger charge is 2.21. The molecule has 0 unspecified atom stereocenters. The summed E-state index contributed by atoms with van der Waals surface area (Å²) in [6, 6.07) is 3.47. The molecule has 3 aromatic heterocycles. The second kappa shape index (κ2) is 6.56. The van der Waals surface area contributed by atoms with E-state index in [-0.39, 0.29) is 18.0 Å². The van der Waals surface area contributed by atoms with Gasteiger partial charge in [-0.3, -0.25) is 4.79 Å². The molecule has 0 spiro atoms. The third kappa shape index (κ3) is 3.62. The molecule has 8 nitrogen and oxygen atoms in total. The summed E-state index contributed by atoms with van der Waals surface area (Å²) in [4.78, 5) is 17.1. The Labute approximate surface area is 150 Å². The number of sulfone groups is 1. The quantitative estimate of drug-likeness (QED) is 0.724. The number of pyridine rings is 1. The highest BCUT2D eigenvalue weighted by molar-refractivity contribution is 7.90. The number of rotatable bonds is 5. The Morgan fingerprint density at radius 3 is 2.58 bits per heavy atom. The van der Waals surface area contributed by atoms with Gasteiger partial charge < -0.3 is 14.3 Å². The number of amides is 1. The molecule has 0 saturated heterocycles. The molecule has 26 heavy (non-hydrogen) atoms. The van der Waals surface area contributed by atoms with Crippen LogP contribution in [0, 0.1) is 20.8 Å². The van der Waals surface area contributed by atoms with Gasteiger partial charge in [0, 0.05) is 18.4 Å². The van der Waals surface area contributed by atoms with Crippen molar-refractivity contribution in [3.63, 3.8) is 0 Å². The highest BCUT2D eigenvalue weighted by atomic mass is 32.2. The maximum absolute atomic E-state index is 12.6. The molecule has 0 saturated carbocycles. The summed E-state index contributed by atoms with van der Waals surface area (Å²) < 4.78 is 33.3. The van der Waals surface area contributed by atoms with Crippen LogP contribution in [0.3, 0.4) is 0 Å². The number of carbonyl (C=O) groups excluding carboxylic acids is 1. The SMILES string of the molecule is Cc1cc(-c2cc(C(=O)NCCS(C)(=O)=O)c3c(C)noc3n2)c(C)o1. The van der Waals surface area contributed by atoms with Gasteiger partial charge in [-0.05, 0) is 32.9 Å². The summed E-state index contributed by atoms with van der Waals surface area (Å²) in [6.45, 7) is 5.37. The van der Waals surface area contributed by atoms with E-state index in [2.05, 4.69) is 15.5 Å². The Morgan fingerprint density at radius 1 is 1.23 bits per heavy atom. The minimum atomic E-state index is -3.17. The van der Waals surface area contributed by atoms with Crippen molar-refractivity contribution in [2.45, 2.75) is 20.8 Å². The summed E-state index contributed by atoms with van der Waals surface area (Å²) in [5.41, 5.74) is 2.38. The zero-order valence-corrected chi connectivity index (χ0v) is 15.7. The topological polar surface area (TPSA) is 115 Å². The minimum absolute atomic E-state index is 0.0188. The minimum Gasteiger partial charge on any atom is -0.466 e. The van der Waals surface area contributed by atoms with Crippen molar-refractivity contribution in [2.75, 3.05) is 18.6 Å². The van der Waals surface area contributed by atoms with Gasteiger partial charge in [0.1, 0.15) is 21.4 Å². The fourth-order valence-corrected chi connectivity index (χ4v) is 3.21. The van der Waals surface area contributed by atoms with Gasteiger partial charge >= 0.3 is 0 Å². The van der Waals surface area contributed by atoms with Gasteiger partial charge in [0.2, 0.25) is 0 Å². The van der Waals surface area contributed by atoms with E-state index in [1.807, 2.05) is 19.9 Å². The first-order chi connectivity index (χ1) is 12.2. The molecule has 1 amide bonds. The number of aryl methyl sites for hydroxylation is 3. The van der Waals surface area contributed by atoms with Crippen molar-refractivity contribution in [2.24, 2.45) is 0 Å². The average molecular weight is 377 g/mol. The summed E-state index contributed by atoms with van der Waals surface area (Å²) in [5, 5.41) is 7.01. The fraction of sp³-hybridized carbons (Fsp3) is 0.353. The van der Waals surface area contributed by atoms with Gasteiger partial charge in [-0.1, -0.05) is 5.16 Å². The van der Waals surface area contributed by atoms with Crippen LogP contribution in [0.4, 0.5) is 0 Å². The summed E-state index contributed by atoms with van der Waals surface area (Å²) >= 11 is 0. The van der Waals surface area contributed by atoms with Crippen LogP contribution in [-0.4, -0.2) is 43.0 Å². The predicted molar refractivity (Wildman–Crippen MR) is 95.8 cm³/mol. The molecule has 0 aliphatic rings. The normalized spacial score (nSPS) is 11.8. The third-order valence-electron chi connectivity index (χ3n) is 3.94. The first kappa shape index (κ1) is 18.1. The molecule has 0 bridgehead atoms. The molecule has 0 aliphatic carbocycles. The lowest BCUT2D eigenvalue weighted by atomic mass is 10.1. The van der Waals surface area contributed by atoms with Gasteiger partial charge in [-0.15, -0.1) is 0 Å². The van der Waals surface area contributed by atoms with Crippen LogP contribution >= 0.6 is 0 Å². The number of nitrogens with zero attached hydrogens (tertiary/aromatic N) is 2. The lowest BCUT2D eigenvalue weighted by Crippen LogP contribution is -2.29. The number of hydrogen-bond donors (Lipinski definition) is 1. The Kier molecular flexibility index (Phi) is 4.57. The van der Waals surface area contributed by atoms with Gasteiger partial charge in [0.15, 0.2) is 0 Å². The van der Waals surface area contributed by atoms with E-state index < -0.39 is 15.7 Å². The molecule has 0 atom stereocenters. The molecule has 3 aromatic rings. The fourth-order valence-electron chi connectivity index (χ4n) is 2.74. The molecule has 138 valence electrons. The smallest absolute Gasteiger partial charge is 0.259 e. The van der Waals surface area contributed by atoms with E-state index in [0.717, 1.165) is 17.6 Å². The molecule has 3 rings (SSSR count). The van der Waals surface area contributed by atoms with Crippen LogP contribution < -0.4 is 5.32 Å². The lowest BCUT2D eigenvalue weighted by Gasteiger charge is -2.07. The molecule has 0 fully saturated rings. The number of nitrogens with one attached hydrogen (secondary N) is 1. The van der Waals surface area contributed by atoms with Crippen LogP contribution in [0.2, 0.25) is 0 Å². The maximum atomic E-state index is 12.6. The number of fused-ring (bicyclic) bond motifs is 1. The van der Waals surface area contributed by atoms with Crippen LogP contribution in [0.25, 0.3) is 22.4 Å². The second-order valence-electron chi connectivity index (χ2n) is 6.22. The monoisotopic (exact) mass is 377 g/mol. The van der Waals surface area contributed by atoms with Crippen molar-refractivity contribution in [3.8, 4) is 11.3 Å². The van der Waals surface area contributed by atoms with Crippen LogP contribution in [0.15, 0.2) is 21.1 Å². The Balaban J connectivity index is 2.04. The third-order valence-corrected chi connectivity index (χ3v) is 4.88. The molecular formula is C17H19N3O5S. The highest BCUT2D eigenvalue weighted by Crippen LogP contribution is 2.30. The van der Waals surface area contributed by atoms with E-state index in [1.165, 1.54) is 0 Å². The van der Waals surface area contributed by atoms with Crippen LogP contribution in [-0.2, 0) is 9.84 Å². The van der Waals surface area contributed by atoms with Crippen molar-refractivity contribution in [3.05, 3.63) is 34.9 Å². The van der Waals surface area contributed by atoms with Gasteiger partial charge in [0.05, 0.1) is 28.1 Å². The lowest BCUT2D eigenvalue weighted by molar-refractivity contribution is 0.0957. The molecule has 9 heteroatoms. The molecular weight excluding hydrogens is 358 g/mol. The van der Waals surface area contributed by atoms with E-state index in [1.54, 1.807) is 13.0 Å². The number of carbonyl (C=O) groups is 1. The first-order valence-electron chi connectivity index (χ1n) is 7.96. The van der Waals surface area contributed by atoms with Gasteiger partial charge in [0.25, 0.3) is 11.6 Å². The van der Waals surface area contributed by atoms with E-state index in [9.17, 15) is 13.2 Å². The second-order valence-corrected chi connectivity index (χ2v) is 8.48. The Hall–Kier alpha value is -2.68. The molecule has 3 heterocycles.